The quantitative estimate of drug-likeness (QED) is 0.242. The Bertz CT molecular complexity index is 1750. The van der Waals surface area contributed by atoms with E-state index >= 15 is 0 Å². The lowest BCUT2D eigenvalue weighted by Crippen LogP contribution is -2.49. The van der Waals surface area contributed by atoms with Crippen molar-refractivity contribution in [3.63, 3.8) is 0 Å². The Labute approximate surface area is 257 Å². The van der Waals surface area contributed by atoms with Gasteiger partial charge in [0.15, 0.2) is 0 Å². The highest BCUT2D eigenvalue weighted by Crippen LogP contribution is 2.36. The molecule has 1 amide bonds. The maximum Gasteiger partial charge on any atom is 0.506 e. The Morgan fingerprint density at radius 1 is 0.864 bits per heavy atom. The van der Waals surface area contributed by atoms with Gasteiger partial charge in [-0.2, -0.15) is 0 Å². The number of aryl methyl sites for hydroxylation is 1. The van der Waals surface area contributed by atoms with E-state index in [1.165, 1.54) is 0 Å². The van der Waals surface area contributed by atoms with E-state index in [4.69, 9.17) is 9.84 Å². The molecule has 2 heterocycles. The van der Waals surface area contributed by atoms with Crippen LogP contribution in [-0.4, -0.2) is 53.7 Å². The van der Waals surface area contributed by atoms with Crippen LogP contribution in [0.5, 0.6) is 0 Å². The van der Waals surface area contributed by atoms with Crippen molar-refractivity contribution in [1.82, 2.24) is 14.2 Å². The molecule has 6 rings (SSSR count). The third-order valence-corrected chi connectivity index (χ3v) is 10.6. The standard InChI is InChI=1S/C34H37N3O6S/c1-36-30-19-17-29(20-26(30)21-32(36)24-10-6-3-7-11-24)44(41,42)35-27-14-12-25(13-15-27)33(38)37-22-28(43-34(39)40)16-18-31(37)23-8-4-2-5-9-23/h2-11,17,19-21,25,27-28,31,35H,12-16,18,22H2,1H3,(H,39,40). The third kappa shape index (κ3) is 6.23. The van der Waals surface area contributed by atoms with Crippen LogP contribution in [0.3, 0.4) is 0 Å². The number of carboxylic acid groups (broad SMARTS) is 1. The number of amides is 1. The van der Waals surface area contributed by atoms with Gasteiger partial charge in [0.1, 0.15) is 6.10 Å². The summed E-state index contributed by atoms with van der Waals surface area (Å²) in [5.41, 5.74) is 4.03. The van der Waals surface area contributed by atoms with E-state index in [-0.39, 0.29) is 35.3 Å². The number of piperidine rings is 1. The number of ether oxygens (including phenoxy) is 1. The normalized spacial score (nSPS) is 22.5. The highest BCUT2D eigenvalue weighted by Gasteiger charge is 2.38. The van der Waals surface area contributed by atoms with Crippen LogP contribution in [-0.2, 0) is 26.6 Å². The molecule has 0 radical (unpaired) electrons. The molecule has 1 saturated carbocycles. The van der Waals surface area contributed by atoms with Crippen molar-refractivity contribution in [3.05, 3.63) is 90.5 Å². The monoisotopic (exact) mass is 615 g/mol. The van der Waals surface area contributed by atoms with Gasteiger partial charge in [0.25, 0.3) is 0 Å². The lowest BCUT2D eigenvalue weighted by Gasteiger charge is -2.42. The van der Waals surface area contributed by atoms with Crippen LogP contribution in [0.15, 0.2) is 89.8 Å². The molecule has 2 atom stereocenters. The first kappa shape index (κ1) is 29.9. The van der Waals surface area contributed by atoms with Gasteiger partial charge < -0.3 is 19.3 Å². The van der Waals surface area contributed by atoms with Crippen molar-refractivity contribution in [2.45, 2.75) is 61.6 Å². The van der Waals surface area contributed by atoms with Crippen LogP contribution < -0.4 is 4.72 Å². The van der Waals surface area contributed by atoms with Gasteiger partial charge in [-0.25, -0.2) is 17.9 Å². The lowest BCUT2D eigenvalue weighted by atomic mass is 9.84. The first-order valence-electron chi connectivity index (χ1n) is 15.1. The molecule has 4 aromatic rings. The molecule has 2 N–H and O–H groups in total. The number of fused-ring (bicyclic) bond motifs is 1. The van der Waals surface area contributed by atoms with Crippen molar-refractivity contribution >= 4 is 33.0 Å². The molecule has 44 heavy (non-hydrogen) atoms. The molecule has 2 aliphatic rings. The summed E-state index contributed by atoms with van der Waals surface area (Å²) in [6, 6.07) is 26.6. The molecule has 1 aromatic heterocycles. The topological polar surface area (TPSA) is 118 Å². The van der Waals surface area contributed by atoms with Gasteiger partial charge in [-0.3, -0.25) is 4.79 Å². The molecule has 1 saturated heterocycles. The summed E-state index contributed by atoms with van der Waals surface area (Å²) >= 11 is 0. The fraction of sp³-hybridized carbons (Fsp3) is 0.353. The third-order valence-electron chi connectivity index (χ3n) is 9.07. The Hall–Kier alpha value is -4.15. The van der Waals surface area contributed by atoms with Crippen LogP contribution in [0.25, 0.3) is 22.2 Å². The highest BCUT2D eigenvalue weighted by molar-refractivity contribution is 7.89. The number of benzene rings is 3. The summed E-state index contributed by atoms with van der Waals surface area (Å²) in [6.07, 6.45) is 1.44. The molecular formula is C34H37N3O6S. The number of sulfonamides is 1. The van der Waals surface area contributed by atoms with E-state index in [0.29, 0.717) is 38.5 Å². The van der Waals surface area contributed by atoms with Crippen molar-refractivity contribution in [1.29, 1.82) is 0 Å². The van der Waals surface area contributed by atoms with Crippen LogP contribution in [0.4, 0.5) is 4.79 Å². The Balaban J connectivity index is 1.12. The number of rotatable bonds is 7. The fourth-order valence-electron chi connectivity index (χ4n) is 6.80. The van der Waals surface area contributed by atoms with Crippen LogP contribution in [0.2, 0.25) is 0 Å². The first-order valence-corrected chi connectivity index (χ1v) is 16.6. The predicted octanol–water partition coefficient (Wildman–Crippen LogP) is 6.11. The number of aromatic nitrogens is 1. The van der Waals surface area contributed by atoms with E-state index in [1.807, 2.05) is 79.8 Å². The maximum absolute atomic E-state index is 13.8. The molecule has 1 aliphatic carbocycles. The average molecular weight is 616 g/mol. The van der Waals surface area contributed by atoms with E-state index < -0.39 is 22.3 Å². The van der Waals surface area contributed by atoms with Crippen molar-refractivity contribution in [2.24, 2.45) is 13.0 Å². The number of carbonyl (C=O) groups is 2. The largest absolute Gasteiger partial charge is 0.506 e. The second kappa shape index (κ2) is 12.5. The zero-order valence-corrected chi connectivity index (χ0v) is 25.4. The second-order valence-electron chi connectivity index (χ2n) is 11.8. The summed E-state index contributed by atoms with van der Waals surface area (Å²) in [4.78, 5) is 27.0. The van der Waals surface area contributed by atoms with Gasteiger partial charge in [0.2, 0.25) is 15.9 Å². The smallest absolute Gasteiger partial charge is 0.450 e. The molecule has 3 aromatic carbocycles. The van der Waals surface area contributed by atoms with Gasteiger partial charge in [0.05, 0.1) is 17.5 Å². The highest BCUT2D eigenvalue weighted by atomic mass is 32.2. The predicted molar refractivity (Wildman–Crippen MR) is 167 cm³/mol. The summed E-state index contributed by atoms with van der Waals surface area (Å²) in [7, 11) is -1.79. The van der Waals surface area contributed by atoms with Crippen LogP contribution in [0.1, 0.15) is 50.1 Å². The van der Waals surface area contributed by atoms with Gasteiger partial charge in [-0.15, -0.1) is 0 Å². The SMILES string of the molecule is Cn1c(-c2ccccc2)cc2cc(S(=O)(=O)NC3CCC(C(=O)N4CC(OC(=O)O)CCC4c4ccccc4)CC3)ccc21. The Morgan fingerprint density at radius 2 is 1.55 bits per heavy atom. The summed E-state index contributed by atoms with van der Waals surface area (Å²) in [5.74, 6) is -0.287. The lowest BCUT2D eigenvalue weighted by molar-refractivity contribution is -0.144. The zero-order chi connectivity index (χ0) is 30.8. The molecule has 1 aliphatic heterocycles. The molecule has 230 valence electrons. The minimum Gasteiger partial charge on any atom is -0.450 e. The average Bonchev–Trinajstić information content (AvgIpc) is 3.37. The number of nitrogens with one attached hydrogen (secondary N) is 1. The molecular weight excluding hydrogens is 578 g/mol. The van der Waals surface area contributed by atoms with E-state index in [1.54, 1.807) is 17.0 Å². The van der Waals surface area contributed by atoms with Gasteiger partial charge in [-0.1, -0.05) is 60.7 Å². The van der Waals surface area contributed by atoms with Gasteiger partial charge >= 0.3 is 6.16 Å². The maximum atomic E-state index is 13.8. The van der Waals surface area contributed by atoms with E-state index in [9.17, 15) is 18.0 Å². The molecule has 0 bridgehead atoms. The van der Waals surface area contributed by atoms with Crippen molar-refractivity contribution in [3.8, 4) is 11.3 Å². The number of likely N-dealkylation sites (tertiary alicyclic amines) is 1. The van der Waals surface area contributed by atoms with Gasteiger partial charge in [-0.05, 0) is 73.9 Å². The first-order chi connectivity index (χ1) is 21.2. The molecule has 2 fully saturated rings. The van der Waals surface area contributed by atoms with Gasteiger partial charge in [0, 0.05) is 35.6 Å². The van der Waals surface area contributed by atoms with Crippen LogP contribution >= 0.6 is 0 Å². The second-order valence-corrected chi connectivity index (χ2v) is 13.6. The van der Waals surface area contributed by atoms with E-state index in [0.717, 1.165) is 27.7 Å². The number of nitrogens with zero attached hydrogens (tertiary/aromatic N) is 2. The molecule has 10 heteroatoms. The summed E-state index contributed by atoms with van der Waals surface area (Å²) < 4.78 is 36.9. The summed E-state index contributed by atoms with van der Waals surface area (Å²) in [5, 5.41) is 10.0. The Morgan fingerprint density at radius 3 is 2.23 bits per heavy atom. The molecule has 9 nitrogen and oxygen atoms in total. The number of hydrogen-bond acceptors (Lipinski definition) is 5. The number of carbonyl (C=O) groups excluding carboxylic acids is 1. The van der Waals surface area contributed by atoms with E-state index in [2.05, 4.69) is 9.29 Å². The summed E-state index contributed by atoms with van der Waals surface area (Å²) in [6.45, 7) is 0.213. The van der Waals surface area contributed by atoms with Crippen molar-refractivity contribution in [2.75, 3.05) is 6.54 Å². The molecule has 0 spiro atoms. The molecule has 2 unspecified atom stereocenters. The van der Waals surface area contributed by atoms with Crippen LogP contribution in [0, 0.1) is 5.92 Å². The Kier molecular flexibility index (Phi) is 8.46. The minimum atomic E-state index is -3.77. The van der Waals surface area contributed by atoms with Crippen molar-refractivity contribution < 1.29 is 27.9 Å². The fourth-order valence-corrected chi connectivity index (χ4v) is 8.14. The zero-order valence-electron chi connectivity index (χ0n) is 24.6. The minimum absolute atomic E-state index is 0.0254. The number of hydrogen-bond donors (Lipinski definition) is 2.